The van der Waals surface area contributed by atoms with Crippen LogP contribution in [0.1, 0.15) is 19.3 Å². The molecule has 150 valence electrons. The SMILES string of the molecule is CN(CC(=O)Nc1ccc(Cl)cc1)c1ccc(S(=O)(=O)N2CCCCC2)c[nH+]1. The maximum atomic E-state index is 12.7. The standard InChI is InChI=1S/C19H23ClN4O3S/c1-23(14-19(25)22-16-7-5-15(20)6-8-16)18-10-9-17(13-21-18)28(26,27)24-11-3-2-4-12-24/h5-10,13H,2-4,11-12,14H2,1H3,(H,22,25)/p+1. The van der Waals surface area contributed by atoms with Gasteiger partial charge in [-0.3, -0.25) is 9.69 Å². The van der Waals surface area contributed by atoms with Crippen LogP contribution in [0.25, 0.3) is 0 Å². The van der Waals surface area contributed by atoms with Gasteiger partial charge in [0.25, 0.3) is 11.7 Å². The molecule has 3 rings (SSSR count). The highest BCUT2D eigenvalue weighted by molar-refractivity contribution is 7.89. The summed E-state index contributed by atoms with van der Waals surface area (Å²) in [6.45, 7) is 1.24. The maximum absolute atomic E-state index is 12.7. The number of rotatable bonds is 6. The third kappa shape index (κ3) is 5.01. The molecular weight excluding hydrogens is 400 g/mol. The number of nitrogens with zero attached hydrogens (tertiary/aromatic N) is 2. The summed E-state index contributed by atoms with van der Waals surface area (Å²) in [4.78, 5) is 17.1. The molecule has 7 nitrogen and oxygen atoms in total. The summed E-state index contributed by atoms with van der Waals surface area (Å²) in [7, 11) is -1.72. The number of pyridine rings is 1. The van der Waals surface area contributed by atoms with Crippen molar-refractivity contribution in [2.45, 2.75) is 24.2 Å². The molecule has 9 heteroatoms. The highest BCUT2D eigenvalue weighted by Gasteiger charge is 2.27. The van der Waals surface area contributed by atoms with Crippen LogP contribution in [-0.2, 0) is 14.8 Å². The highest BCUT2D eigenvalue weighted by atomic mass is 35.5. The molecule has 0 spiro atoms. The van der Waals surface area contributed by atoms with Crippen LogP contribution in [0.3, 0.4) is 0 Å². The minimum absolute atomic E-state index is 0.108. The van der Waals surface area contributed by atoms with Crippen molar-refractivity contribution in [3.8, 4) is 0 Å². The number of hydrogen-bond donors (Lipinski definition) is 1. The normalized spacial score (nSPS) is 15.2. The van der Waals surface area contributed by atoms with E-state index in [1.807, 2.05) is 0 Å². The van der Waals surface area contributed by atoms with Crippen LogP contribution in [0.2, 0.25) is 5.02 Å². The van der Waals surface area contributed by atoms with Crippen molar-refractivity contribution in [1.29, 1.82) is 0 Å². The van der Waals surface area contributed by atoms with Gasteiger partial charge in [0.1, 0.15) is 11.1 Å². The Morgan fingerprint density at radius 2 is 1.82 bits per heavy atom. The van der Waals surface area contributed by atoms with Gasteiger partial charge >= 0.3 is 0 Å². The second-order valence-corrected chi connectivity index (χ2v) is 9.16. The molecule has 2 N–H and O–H groups in total. The van der Waals surface area contributed by atoms with Crippen molar-refractivity contribution < 1.29 is 18.2 Å². The van der Waals surface area contributed by atoms with E-state index in [1.54, 1.807) is 48.3 Å². The smallest absolute Gasteiger partial charge is 0.274 e. The number of piperidine rings is 1. The quantitative estimate of drug-likeness (QED) is 0.773. The third-order valence-corrected chi connectivity index (χ3v) is 6.79. The number of amides is 1. The topological polar surface area (TPSA) is 83.9 Å². The van der Waals surface area contributed by atoms with E-state index < -0.39 is 10.0 Å². The first-order valence-corrected chi connectivity index (χ1v) is 11.0. The molecule has 0 atom stereocenters. The lowest BCUT2D eigenvalue weighted by molar-refractivity contribution is -0.366. The number of sulfonamides is 1. The molecule has 1 fully saturated rings. The van der Waals surface area contributed by atoms with Crippen LogP contribution in [0.5, 0.6) is 0 Å². The predicted molar refractivity (Wildman–Crippen MR) is 109 cm³/mol. The van der Waals surface area contributed by atoms with Crippen molar-refractivity contribution in [1.82, 2.24) is 4.31 Å². The molecule has 1 saturated heterocycles. The van der Waals surface area contributed by atoms with Crippen LogP contribution in [0, 0.1) is 0 Å². The average Bonchev–Trinajstić information content (AvgIpc) is 2.70. The second-order valence-electron chi connectivity index (χ2n) is 6.79. The zero-order valence-electron chi connectivity index (χ0n) is 15.7. The molecule has 1 aliphatic heterocycles. The summed E-state index contributed by atoms with van der Waals surface area (Å²) in [6, 6.07) is 10.1. The molecule has 1 aliphatic rings. The van der Waals surface area contributed by atoms with E-state index in [2.05, 4.69) is 10.3 Å². The van der Waals surface area contributed by atoms with Gasteiger partial charge in [-0.1, -0.05) is 18.0 Å². The Morgan fingerprint density at radius 1 is 1.14 bits per heavy atom. The number of nitrogens with one attached hydrogen (secondary N) is 2. The minimum atomic E-state index is -3.48. The van der Waals surface area contributed by atoms with Crippen LogP contribution < -0.4 is 15.2 Å². The van der Waals surface area contributed by atoms with Gasteiger partial charge in [0.2, 0.25) is 10.0 Å². The fraction of sp³-hybridized carbons (Fsp3) is 0.368. The summed E-state index contributed by atoms with van der Waals surface area (Å²) < 4.78 is 26.9. The van der Waals surface area contributed by atoms with E-state index in [1.165, 1.54) is 10.5 Å². The number of benzene rings is 1. The van der Waals surface area contributed by atoms with Crippen molar-refractivity contribution in [2.24, 2.45) is 0 Å². The van der Waals surface area contributed by atoms with E-state index in [4.69, 9.17) is 11.6 Å². The van der Waals surface area contributed by atoms with Crippen molar-refractivity contribution in [3.63, 3.8) is 0 Å². The number of halogens is 1. The number of anilines is 2. The molecule has 28 heavy (non-hydrogen) atoms. The summed E-state index contributed by atoms with van der Waals surface area (Å²) in [6.07, 6.45) is 4.34. The van der Waals surface area contributed by atoms with Crippen LogP contribution in [0.15, 0.2) is 47.5 Å². The summed E-state index contributed by atoms with van der Waals surface area (Å²) in [5, 5.41) is 3.39. The number of likely N-dealkylation sites (N-methyl/N-ethyl adjacent to an activating group) is 1. The van der Waals surface area contributed by atoms with E-state index in [0.717, 1.165) is 19.3 Å². The molecule has 0 bridgehead atoms. The van der Waals surface area contributed by atoms with Gasteiger partial charge in [-0.25, -0.2) is 13.4 Å². The highest BCUT2D eigenvalue weighted by Crippen LogP contribution is 2.20. The minimum Gasteiger partial charge on any atom is -0.323 e. The number of carbonyl (C=O) groups excluding carboxylic acids is 1. The van der Waals surface area contributed by atoms with Gasteiger partial charge in [-0.05, 0) is 43.2 Å². The monoisotopic (exact) mass is 423 g/mol. The molecule has 2 heterocycles. The fourth-order valence-electron chi connectivity index (χ4n) is 3.09. The second kappa shape index (κ2) is 8.89. The molecule has 0 unspecified atom stereocenters. The van der Waals surface area contributed by atoms with Gasteiger partial charge in [-0.2, -0.15) is 4.31 Å². The number of H-pyrrole nitrogens is 1. The van der Waals surface area contributed by atoms with E-state index in [0.29, 0.717) is 29.6 Å². The van der Waals surface area contributed by atoms with Gasteiger partial charge in [0, 0.05) is 29.9 Å². The summed E-state index contributed by atoms with van der Waals surface area (Å²) in [5.41, 5.74) is 0.662. The number of carbonyl (C=O) groups is 1. The Labute approximate surface area is 170 Å². The van der Waals surface area contributed by atoms with Crippen LogP contribution >= 0.6 is 11.6 Å². The van der Waals surface area contributed by atoms with Crippen molar-refractivity contribution in [2.75, 3.05) is 36.9 Å². The molecule has 1 amide bonds. The molecular formula is C19H24ClN4O3S+. The van der Waals surface area contributed by atoms with Gasteiger partial charge in [0.05, 0.1) is 7.05 Å². The fourth-order valence-corrected chi connectivity index (χ4v) is 4.70. The largest absolute Gasteiger partial charge is 0.323 e. The third-order valence-electron chi connectivity index (χ3n) is 4.64. The molecule has 1 aromatic carbocycles. The van der Waals surface area contributed by atoms with Crippen LogP contribution in [-0.4, -0.2) is 45.3 Å². The Morgan fingerprint density at radius 3 is 2.43 bits per heavy atom. The van der Waals surface area contributed by atoms with E-state index >= 15 is 0 Å². The number of aromatic amines is 1. The lowest BCUT2D eigenvalue weighted by Crippen LogP contribution is -2.37. The first-order valence-electron chi connectivity index (χ1n) is 9.15. The van der Waals surface area contributed by atoms with Crippen molar-refractivity contribution in [3.05, 3.63) is 47.6 Å². The first-order chi connectivity index (χ1) is 13.4. The predicted octanol–water partition coefficient (Wildman–Crippen LogP) is 2.40. The Bertz CT molecular complexity index is 911. The van der Waals surface area contributed by atoms with E-state index in [9.17, 15) is 13.2 Å². The Kier molecular flexibility index (Phi) is 6.53. The lowest BCUT2D eigenvalue weighted by atomic mass is 10.2. The van der Waals surface area contributed by atoms with Crippen LogP contribution in [0.4, 0.5) is 11.5 Å². The maximum Gasteiger partial charge on any atom is 0.274 e. The molecule has 0 saturated carbocycles. The zero-order valence-corrected chi connectivity index (χ0v) is 17.3. The van der Waals surface area contributed by atoms with Crippen molar-refractivity contribution >= 4 is 39.0 Å². The Hall–Kier alpha value is -2.16. The number of aromatic nitrogens is 1. The number of hydrogen-bond acceptors (Lipinski definition) is 4. The summed E-state index contributed by atoms with van der Waals surface area (Å²) in [5.74, 6) is 0.451. The Balaban J connectivity index is 1.62. The van der Waals surface area contributed by atoms with Gasteiger partial charge < -0.3 is 5.32 Å². The van der Waals surface area contributed by atoms with E-state index in [-0.39, 0.29) is 17.3 Å². The molecule has 0 radical (unpaired) electrons. The molecule has 0 aliphatic carbocycles. The zero-order chi connectivity index (χ0) is 20.1. The molecule has 1 aromatic heterocycles. The van der Waals surface area contributed by atoms with Gasteiger partial charge in [0.15, 0.2) is 6.54 Å². The first kappa shape index (κ1) is 20.6. The summed E-state index contributed by atoms with van der Waals surface area (Å²) >= 11 is 5.84. The molecule has 2 aromatic rings. The average molecular weight is 424 g/mol. The lowest BCUT2D eigenvalue weighted by Gasteiger charge is -2.25. The van der Waals surface area contributed by atoms with Gasteiger partial charge in [-0.15, -0.1) is 0 Å².